The number of carbonyl (C=O) groups excluding carboxylic acids is 2. The number of para-hydroxylation sites is 1. The molecule has 0 aliphatic heterocycles. The summed E-state index contributed by atoms with van der Waals surface area (Å²) >= 11 is 15.7. The second-order valence-electron chi connectivity index (χ2n) is 8.07. The fourth-order valence-electron chi connectivity index (χ4n) is 3.38. The second-order valence-corrected chi connectivity index (χ2v) is 11.7. The molecule has 186 valence electrons. The standard InChI is InChI=1S/C23H28BrCl2N3O4S/c1-5-20(23(31)27-15(2)3)28(13-16-10-11-17(25)12-19(16)26)22(30)14-29(34(4,32)33)21-9-7-6-8-18(21)24/h6-12,15,20H,5,13-14H2,1-4H3,(H,27,31)/t20-/m1/s1. The maximum absolute atomic E-state index is 13.6. The van der Waals surface area contributed by atoms with Gasteiger partial charge in [0.15, 0.2) is 0 Å². The molecule has 0 aromatic heterocycles. The number of sulfonamides is 1. The molecule has 0 heterocycles. The predicted molar refractivity (Wildman–Crippen MR) is 141 cm³/mol. The van der Waals surface area contributed by atoms with Crippen molar-refractivity contribution < 1.29 is 18.0 Å². The van der Waals surface area contributed by atoms with Crippen molar-refractivity contribution in [1.29, 1.82) is 0 Å². The minimum absolute atomic E-state index is 0.00637. The number of rotatable bonds is 10. The zero-order valence-corrected chi connectivity index (χ0v) is 23.3. The third kappa shape index (κ3) is 7.60. The first-order valence-electron chi connectivity index (χ1n) is 10.6. The SMILES string of the molecule is CC[C@H](C(=O)NC(C)C)N(Cc1ccc(Cl)cc1Cl)C(=O)CN(c1ccccc1Br)S(C)(=O)=O. The lowest BCUT2D eigenvalue weighted by Crippen LogP contribution is -2.53. The number of nitrogens with one attached hydrogen (secondary N) is 1. The Morgan fingerprint density at radius 3 is 2.29 bits per heavy atom. The Hall–Kier alpha value is -1.81. The molecule has 1 atom stereocenters. The third-order valence-electron chi connectivity index (χ3n) is 4.97. The van der Waals surface area contributed by atoms with Gasteiger partial charge < -0.3 is 10.2 Å². The van der Waals surface area contributed by atoms with E-state index in [1.807, 2.05) is 13.8 Å². The number of hydrogen-bond acceptors (Lipinski definition) is 4. The lowest BCUT2D eigenvalue weighted by molar-refractivity contribution is -0.140. The van der Waals surface area contributed by atoms with Crippen LogP contribution in [0.4, 0.5) is 5.69 Å². The van der Waals surface area contributed by atoms with E-state index in [2.05, 4.69) is 21.2 Å². The Balaban J connectivity index is 2.49. The van der Waals surface area contributed by atoms with E-state index in [4.69, 9.17) is 23.2 Å². The molecule has 0 saturated carbocycles. The summed E-state index contributed by atoms with van der Waals surface area (Å²) in [5, 5.41) is 3.62. The van der Waals surface area contributed by atoms with Crippen LogP contribution in [0.25, 0.3) is 0 Å². The van der Waals surface area contributed by atoms with Crippen molar-refractivity contribution in [3.05, 3.63) is 62.5 Å². The molecule has 2 rings (SSSR count). The quantitative estimate of drug-likeness (QED) is 0.427. The van der Waals surface area contributed by atoms with Crippen LogP contribution in [0.2, 0.25) is 10.0 Å². The van der Waals surface area contributed by atoms with Gasteiger partial charge in [0.05, 0.1) is 11.9 Å². The van der Waals surface area contributed by atoms with Crippen molar-refractivity contribution in [2.45, 2.75) is 45.8 Å². The zero-order chi connectivity index (χ0) is 25.6. The Morgan fingerprint density at radius 1 is 1.12 bits per heavy atom. The van der Waals surface area contributed by atoms with Gasteiger partial charge in [0.1, 0.15) is 12.6 Å². The van der Waals surface area contributed by atoms with Gasteiger partial charge >= 0.3 is 0 Å². The van der Waals surface area contributed by atoms with E-state index in [0.717, 1.165) is 10.6 Å². The molecular weight excluding hydrogens is 565 g/mol. The molecule has 2 aromatic rings. The van der Waals surface area contributed by atoms with Crippen LogP contribution < -0.4 is 9.62 Å². The highest BCUT2D eigenvalue weighted by Crippen LogP contribution is 2.29. The molecule has 7 nitrogen and oxygen atoms in total. The van der Waals surface area contributed by atoms with Gasteiger partial charge in [0.25, 0.3) is 0 Å². The molecule has 0 aliphatic carbocycles. The molecule has 0 unspecified atom stereocenters. The number of carbonyl (C=O) groups is 2. The highest BCUT2D eigenvalue weighted by Gasteiger charge is 2.32. The van der Waals surface area contributed by atoms with Gasteiger partial charge in [0, 0.05) is 27.1 Å². The fraction of sp³-hybridized carbons (Fsp3) is 0.391. The summed E-state index contributed by atoms with van der Waals surface area (Å²) in [6.45, 7) is 4.96. The number of hydrogen-bond donors (Lipinski definition) is 1. The van der Waals surface area contributed by atoms with Crippen LogP contribution in [0.1, 0.15) is 32.8 Å². The van der Waals surface area contributed by atoms with E-state index in [1.54, 1.807) is 49.4 Å². The summed E-state index contributed by atoms with van der Waals surface area (Å²) in [6, 6.07) is 10.6. The summed E-state index contributed by atoms with van der Waals surface area (Å²) in [7, 11) is -3.82. The van der Waals surface area contributed by atoms with Crippen LogP contribution in [0.5, 0.6) is 0 Å². The highest BCUT2D eigenvalue weighted by molar-refractivity contribution is 9.10. The molecule has 2 aromatic carbocycles. The van der Waals surface area contributed by atoms with Gasteiger partial charge in [-0.15, -0.1) is 0 Å². The first-order valence-corrected chi connectivity index (χ1v) is 14.0. The molecule has 2 amide bonds. The molecule has 0 bridgehead atoms. The van der Waals surface area contributed by atoms with Crippen molar-refractivity contribution in [1.82, 2.24) is 10.2 Å². The molecule has 11 heteroatoms. The number of halogens is 3. The first-order chi connectivity index (χ1) is 15.8. The van der Waals surface area contributed by atoms with Crippen LogP contribution in [-0.2, 0) is 26.2 Å². The predicted octanol–water partition coefficient (Wildman–Crippen LogP) is 4.85. The van der Waals surface area contributed by atoms with Gasteiger partial charge in [-0.1, -0.05) is 48.3 Å². The third-order valence-corrected chi connectivity index (χ3v) is 7.36. The number of anilines is 1. The van der Waals surface area contributed by atoms with E-state index < -0.39 is 28.5 Å². The van der Waals surface area contributed by atoms with E-state index >= 15 is 0 Å². The highest BCUT2D eigenvalue weighted by atomic mass is 79.9. The minimum Gasteiger partial charge on any atom is -0.352 e. The molecule has 1 N–H and O–H groups in total. The first kappa shape index (κ1) is 28.4. The van der Waals surface area contributed by atoms with Crippen molar-refractivity contribution >= 4 is 66.7 Å². The summed E-state index contributed by atoms with van der Waals surface area (Å²) in [5.74, 6) is -0.874. The lowest BCUT2D eigenvalue weighted by atomic mass is 10.1. The monoisotopic (exact) mass is 591 g/mol. The number of benzene rings is 2. The molecular formula is C23H28BrCl2N3O4S. The van der Waals surface area contributed by atoms with Crippen molar-refractivity contribution in [2.75, 3.05) is 17.1 Å². The van der Waals surface area contributed by atoms with Crippen molar-refractivity contribution in [3.63, 3.8) is 0 Å². The Kier molecular flexibility index (Phi) is 10.2. The van der Waals surface area contributed by atoms with E-state index in [-0.39, 0.29) is 18.5 Å². The summed E-state index contributed by atoms with van der Waals surface area (Å²) < 4.78 is 26.8. The van der Waals surface area contributed by atoms with E-state index in [0.29, 0.717) is 32.2 Å². The Labute approximate surface area is 219 Å². The van der Waals surface area contributed by atoms with Crippen LogP contribution in [0.15, 0.2) is 46.9 Å². The molecule has 34 heavy (non-hydrogen) atoms. The largest absolute Gasteiger partial charge is 0.352 e. The van der Waals surface area contributed by atoms with Gasteiger partial charge in [-0.2, -0.15) is 0 Å². The fourth-order valence-corrected chi connectivity index (χ4v) is 5.33. The number of amides is 2. The van der Waals surface area contributed by atoms with Crippen LogP contribution in [-0.4, -0.2) is 50.0 Å². The molecule has 0 radical (unpaired) electrons. The maximum Gasteiger partial charge on any atom is 0.244 e. The lowest BCUT2D eigenvalue weighted by Gasteiger charge is -2.33. The Bertz CT molecular complexity index is 1140. The maximum atomic E-state index is 13.6. The summed E-state index contributed by atoms with van der Waals surface area (Å²) in [6.07, 6.45) is 1.35. The van der Waals surface area contributed by atoms with Crippen molar-refractivity contribution in [3.8, 4) is 0 Å². The van der Waals surface area contributed by atoms with Crippen LogP contribution >= 0.6 is 39.1 Å². The van der Waals surface area contributed by atoms with Gasteiger partial charge in [-0.05, 0) is 66.0 Å². The van der Waals surface area contributed by atoms with Crippen molar-refractivity contribution in [2.24, 2.45) is 0 Å². The molecule has 0 aliphatic rings. The van der Waals surface area contributed by atoms with E-state index in [9.17, 15) is 18.0 Å². The number of nitrogens with zero attached hydrogens (tertiary/aromatic N) is 2. The second kappa shape index (κ2) is 12.2. The van der Waals surface area contributed by atoms with Gasteiger partial charge in [-0.3, -0.25) is 13.9 Å². The molecule has 0 saturated heterocycles. The Morgan fingerprint density at radius 2 is 1.76 bits per heavy atom. The van der Waals surface area contributed by atoms with Crippen LogP contribution in [0, 0.1) is 0 Å². The molecule has 0 fully saturated rings. The smallest absolute Gasteiger partial charge is 0.244 e. The van der Waals surface area contributed by atoms with Gasteiger partial charge in [-0.25, -0.2) is 8.42 Å². The normalized spacial score (nSPS) is 12.4. The van der Waals surface area contributed by atoms with Crippen LogP contribution in [0.3, 0.4) is 0 Å². The summed E-state index contributed by atoms with van der Waals surface area (Å²) in [5.41, 5.74) is 0.907. The zero-order valence-electron chi connectivity index (χ0n) is 19.4. The minimum atomic E-state index is -3.82. The molecule has 0 spiro atoms. The average molecular weight is 593 g/mol. The summed E-state index contributed by atoms with van der Waals surface area (Å²) in [4.78, 5) is 27.9. The average Bonchev–Trinajstić information content (AvgIpc) is 2.72. The topological polar surface area (TPSA) is 86.8 Å². The van der Waals surface area contributed by atoms with Gasteiger partial charge in [0.2, 0.25) is 21.8 Å². The van der Waals surface area contributed by atoms with E-state index in [1.165, 1.54) is 4.90 Å².